The number of rotatable bonds is 6. The van der Waals surface area contributed by atoms with Crippen LogP contribution in [0.5, 0.6) is 0 Å². The third-order valence-corrected chi connectivity index (χ3v) is 3.17. The summed E-state index contributed by atoms with van der Waals surface area (Å²) in [7, 11) is 0. The van der Waals surface area contributed by atoms with Crippen LogP contribution in [0.25, 0.3) is 0 Å². The van der Waals surface area contributed by atoms with Crippen molar-refractivity contribution in [1.82, 2.24) is 10.3 Å². The summed E-state index contributed by atoms with van der Waals surface area (Å²) < 4.78 is 13.1. The van der Waals surface area contributed by atoms with E-state index in [1.54, 1.807) is 12.3 Å². The maximum Gasteiger partial charge on any atom is 0.141 e. The predicted molar refractivity (Wildman–Crippen MR) is 74.1 cm³/mol. The van der Waals surface area contributed by atoms with Gasteiger partial charge in [-0.25, -0.2) is 4.39 Å². The van der Waals surface area contributed by atoms with E-state index in [-0.39, 0.29) is 11.2 Å². The highest BCUT2D eigenvalue weighted by atomic mass is 19.1. The Balaban J connectivity index is 2.56. The summed E-state index contributed by atoms with van der Waals surface area (Å²) in [5.74, 6) is -0.249. The van der Waals surface area contributed by atoms with Crippen LogP contribution in [-0.2, 0) is 6.42 Å². The second-order valence-corrected chi connectivity index (χ2v) is 5.92. The van der Waals surface area contributed by atoms with Crippen molar-refractivity contribution in [2.24, 2.45) is 5.41 Å². The van der Waals surface area contributed by atoms with Crippen molar-refractivity contribution < 1.29 is 4.39 Å². The zero-order valence-corrected chi connectivity index (χ0v) is 12.0. The molecule has 0 aliphatic rings. The molecule has 18 heavy (non-hydrogen) atoms. The van der Waals surface area contributed by atoms with Gasteiger partial charge in [-0.05, 0) is 42.9 Å². The Morgan fingerprint density at radius 3 is 2.61 bits per heavy atom. The second-order valence-electron chi connectivity index (χ2n) is 5.92. The van der Waals surface area contributed by atoms with Gasteiger partial charge >= 0.3 is 0 Å². The summed E-state index contributed by atoms with van der Waals surface area (Å²) >= 11 is 0. The van der Waals surface area contributed by atoms with E-state index >= 15 is 0 Å². The average Bonchev–Trinajstić information content (AvgIpc) is 2.27. The molecule has 0 spiro atoms. The van der Waals surface area contributed by atoms with Gasteiger partial charge < -0.3 is 5.32 Å². The van der Waals surface area contributed by atoms with Crippen LogP contribution < -0.4 is 5.32 Å². The number of nitrogens with zero attached hydrogens (tertiary/aromatic N) is 1. The molecule has 1 heterocycles. The topological polar surface area (TPSA) is 24.9 Å². The molecule has 0 saturated heterocycles. The molecule has 1 aromatic heterocycles. The van der Waals surface area contributed by atoms with Crippen LogP contribution in [0.4, 0.5) is 4.39 Å². The fraction of sp³-hybridized carbons (Fsp3) is 0.667. The standard InChI is InChI=1S/C15H25FN2/c1-5-8-18-14(15(2,3)4)7-6-12-9-13(16)11-17-10-12/h9-11,14,18H,5-8H2,1-4H3. The Labute approximate surface area is 110 Å². The highest BCUT2D eigenvalue weighted by Crippen LogP contribution is 2.23. The van der Waals surface area contributed by atoms with Gasteiger partial charge in [-0.15, -0.1) is 0 Å². The molecule has 0 bridgehead atoms. The Hall–Kier alpha value is -0.960. The molecule has 1 atom stereocenters. The van der Waals surface area contributed by atoms with Crippen LogP contribution in [0, 0.1) is 11.2 Å². The highest BCUT2D eigenvalue weighted by Gasteiger charge is 2.23. The molecule has 0 amide bonds. The van der Waals surface area contributed by atoms with Gasteiger partial charge in [0.05, 0.1) is 6.20 Å². The molecule has 0 saturated carbocycles. The van der Waals surface area contributed by atoms with Crippen molar-refractivity contribution in [3.8, 4) is 0 Å². The van der Waals surface area contributed by atoms with Crippen molar-refractivity contribution >= 4 is 0 Å². The van der Waals surface area contributed by atoms with E-state index in [0.717, 1.165) is 31.4 Å². The maximum atomic E-state index is 13.1. The quantitative estimate of drug-likeness (QED) is 0.837. The molecule has 102 valence electrons. The van der Waals surface area contributed by atoms with E-state index in [4.69, 9.17) is 0 Å². The van der Waals surface area contributed by atoms with E-state index < -0.39 is 0 Å². The number of aromatic nitrogens is 1. The smallest absolute Gasteiger partial charge is 0.141 e. The number of hydrogen-bond acceptors (Lipinski definition) is 2. The van der Waals surface area contributed by atoms with Crippen molar-refractivity contribution in [3.05, 3.63) is 29.8 Å². The first kappa shape index (κ1) is 15.1. The molecular formula is C15H25FN2. The lowest BCUT2D eigenvalue weighted by Gasteiger charge is -2.32. The molecule has 0 aliphatic heterocycles. The van der Waals surface area contributed by atoms with Crippen molar-refractivity contribution in [2.75, 3.05) is 6.54 Å². The van der Waals surface area contributed by atoms with E-state index in [0.29, 0.717) is 6.04 Å². The highest BCUT2D eigenvalue weighted by molar-refractivity contribution is 5.10. The van der Waals surface area contributed by atoms with Gasteiger partial charge in [0.1, 0.15) is 5.82 Å². The molecule has 1 rings (SSSR count). The first-order valence-electron chi connectivity index (χ1n) is 6.76. The predicted octanol–water partition coefficient (Wildman–Crippen LogP) is 3.57. The normalized spacial score (nSPS) is 13.6. The number of aryl methyl sites for hydroxylation is 1. The molecule has 1 aromatic rings. The van der Waals surface area contributed by atoms with Gasteiger partial charge in [-0.2, -0.15) is 0 Å². The van der Waals surface area contributed by atoms with Gasteiger partial charge in [-0.1, -0.05) is 27.7 Å². The number of pyridine rings is 1. The lowest BCUT2D eigenvalue weighted by molar-refractivity contribution is 0.255. The summed E-state index contributed by atoms with van der Waals surface area (Å²) in [4.78, 5) is 3.89. The minimum absolute atomic E-state index is 0.218. The van der Waals surface area contributed by atoms with Crippen LogP contribution in [-0.4, -0.2) is 17.6 Å². The molecule has 3 heteroatoms. The zero-order valence-electron chi connectivity index (χ0n) is 12.0. The fourth-order valence-electron chi connectivity index (χ4n) is 2.06. The minimum Gasteiger partial charge on any atom is -0.313 e. The third-order valence-electron chi connectivity index (χ3n) is 3.17. The molecule has 0 aliphatic carbocycles. The maximum absolute atomic E-state index is 13.1. The van der Waals surface area contributed by atoms with E-state index in [1.807, 2.05) is 0 Å². The van der Waals surface area contributed by atoms with Crippen LogP contribution in [0.3, 0.4) is 0 Å². The second kappa shape index (κ2) is 6.83. The van der Waals surface area contributed by atoms with Crippen molar-refractivity contribution in [3.63, 3.8) is 0 Å². The summed E-state index contributed by atoms with van der Waals surface area (Å²) in [5, 5.41) is 3.58. The van der Waals surface area contributed by atoms with Gasteiger partial charge in [0.15, 0.2) is 0 Å². The molecule has 1 N–H and O–H groups in total. The molecule has 2 nitrogen and oxygen atoms in total. The summed E-state index contributed by atoms with van der Waals surface area (Å²) in [6, 6.07) is 2.02. The van der Waals surface area contributed by atoms with E-state index in [9.17, 15) is 4.39 Å². The number of nitrogens with one attached hydrogen (secondary N) is 1. The van der Waals surface area contributed by atoms with Gasteiger partial charge in [0, 0.05) is 12.2 Å². The summed E-state index contributed by atoms with van der Waals surface area (Å²) in [5.41, 5.74) is 1.19. The molecule has 0 aromatic carbocycles. The molecular weight excluding hydrogens is 227 g/mol. The Bertz CT molecular complexity index is 358. The van der Waals surface area contributed by atoms with Gasteiger partial charge in [0.2, 0.25) is 0 Å². The third kappa shape index (κ3) is 5.13. The van der Waals surface area contributed by atoms with Gasteiger partial charge in [-0.3, -0.25) is 4.98 Å². The number of hydrogen-bond donors (Lipinski definition) is 1. The fourth-order valence-corrected chi connectivity index (χ4v) is 2.06. The monoisotopic (exact) mass is 252 g/mol. The molecule has 0 radical (unpaired) electrons. The Kier molecular flexibility index (Phi) is 5.73. The van der Waals surface area contributed by atoms with Crippen molar-refractivity contribution in [2.45, 2.75) is 53.0 Å². The zero-order chi connectivity index (χ0) is 13.6. The van der Waals surface area contributed by atoms with E-state index in [2.05, 4.69) is 38.0 Å². The molecule has 0 fully saturated rings. The van der Waals surface area contributed by atoms with E-state index in [1.165, 1.54) is 6.20 Å². The summed E-state index contributed by atoms with van der Waals surface area (Å²) in [6.07, 6.45) is 6.01. The largest absolute Gasteiger partial charge is 0.313 e. The Morgan fingerprint density at radius 2 is 2.06 bits per heavy atom. The van der Waals surface area contributed by atoms with Crippen molar-refractivity contribution in [1.29, 1.82) is 0 Å². The van der Waals surface area contributed by atoms with Crippen LogP contribution in [0.2, 0.25) is 0 Å². The Morgan fingerprint density at radius 1 is 1.33 bits per heavy atom. The lowest BCUT2D eigenvalue weighted by Crippen LogP contribution is -2.41. The lowest BCUT2D eigenvalue weighted by atomic mass is 9.83. The van der Waals surface area contributed by atoms with Crippen LogP contribution in [0.15, 0.2) is 18.5 Å². The van der Waals surface area contributed by atoms with Crippen LogP contribution in [0.1, 0.15) is 46.1 Å². The summed E-state index contributed by atoms with van der Waals surface area (Å²) in [6.45, 7) is 9.92. The van der Waals surface area contributed by atoms with Crippen LogP contribution >= 0.6 is 0 Å². The molecule has 1 unspecified atom stereocenters. The first-order chi connectivity index (χ1) is 8.43. The number of halogens is 1. The first-order valence-corrected chi connectivity index (χ1v) is 6.76. The van der Waals surface area contributed by atoms with Gasteiger partial charge in [0.25, 0.3) is 0 Å². The average molecular weight is 252 g/mol. The SMILES string of the molecule is CCCNC(CCc1cncc(F)c1)C(C)(C)C. The minimum atomic E-state index is -0.249.